The molecule has 0 saturated heterocycles. The lowest BCUT2D eigenvalue weighted by molar-refractivity contribution is -0.145. The number of carbonyl (C=O) groups excluding carboxylic acids is 2. The number of hydrogen-bond donors (Lipinski definition) is 0. The summed E-state index contributed by atoms with van der Waals surface area (Å²) in [4.78, 5) is 23.2. The van der Waals surface area contributed by atoms with E-state index in [1.807, 2.05) is 6.92 Å². The van der Waals surface area contributed by atoms with E-state index < -0.39 is 12.1 Å². The zero-order valence-corrected chi connectivity index (χ0v) is 16.1. The van der Waals surface area contributed by atoms with E-state index in [1.54, 1.807) is 6.92 Å². The van der Waals surface area contributed by atoms with Gasteiger partial charge in [-0.05, 0) is 19.8 Å². The second kappa shape index (κ2) is 16.8. The minimum atomic E-state index is -0.869. The minimum Gasteiger partial charge on any atom is -0.434 e. The van der Waals surface area contributed by atoms with Crippen molar-refractivity contribution in [3.8, 4) is 0 Å². The highest BCUT2D eigenvalue weighted by atomic mass is 16.7. The van der Waals surface area contributed by atoms with Crippen molar-refractivity contribution < 1.29 is 19.1 Å². The number of unbranched alkanes of at least 4 members (excludes halogenated alkanes) is 9. The summed E-state index contributed by atoms with van der Waals surface area (Å²) in [6.07, 6.45) is 14.4. The highest BCUT2D eigenvalue weighted by molar-refractivity contribution is 5.83. The van der Waals surface area contributed by atoms with E-state index in [0.717, 1.165) is 32.1 Å². The van der Waals surface area contributed by atoms with Gasteiger partial charge in [-0.2, -0.15) is 0 Å². The number of carbonyl (C=O) groups is 2. The van der Waals surface area contributed by atoms with Crippen LogP contribution in [0.15, 0.2) is 0 Å². The van der Waals surface area contributed by atoms with Gasteiger partial charge >= 0.3 is 12.1 Å². The Morgan fingerprint density at radius 2 is 1.25 bits per heavy atom. The molecule has 0 aliphatic carbocycles. The molecule has 4 heteroatoms. The molecule has 0 N–H and O–H groups in total. The molecule has 0 aliphatic rings. The van der Waals surface area contributed by atoms with Crippen LogP contribution in [0.2, 0.25) is 0 Å². The standard InChI is InChI=1S/C20H38O4/c1-4-7-8-9-10-11-12-13-14-15-17-18(16-5-2)19(21)24-20(22)23-6-3/h18H,4-17H2,1-3H3. The van der Waals surface area contributed by atoms with E-state index in [0.29, 0.717) is 0 Å². The van der Waals surface area contributed by atoms with Crippen LogP contribution >= 0.6 is 0 Å². The topological polar surface area (TPSA) is 52.6 Å². The molecule has 0 aromatic carbocycles. The van der Waals surface area contributed by atoms with Crippen LogP contribution in [-0.4, -0.2) is 18.7 Å². The number of hydrogen-bond acceptors (Lipinski definition) is 4. The molecule has 0 aliphatic heterocycles. The average Bonchev–Trinajstić information content (AvgIpc) is 2.55. The maximum absolute atomic E-state index is 12.0. The average molecular weight is 343 g/mol. The minimum absolute atomic E-state index is 0.173. The Hall–Kier alpha value is -1.06. The third-order valence-electron chi connectivity index (χ3n) is 4.32. The first kappa shape index (κ1) is 22.9. The third kappa shape index (κ3) is 13.4. The van der Waals surface area contributed by atoms with Gasteiger partial charge in [-0.15, -0.1) is 0 Å². The van der Waals surface area contributed by atoms with Crippen LogP contribution in [0.25, 0.3) is 0 Å². The fourth-order valence-electron chi connectivity index (χ4n) is 2.92. The predicted octanol–water partition coefficient (Wildman–Crippen LogP) is 6.41. The first-order chi connectivity index (χ1) is 11.7. The van der Waals surface area contributed by atoms with Crippen molar-refractivity contribution >= 4 is 12.1 Å². The molecule has 0 aromatic rings. The van der Waals surface area contributed by atoms with Gasteiger partial charge in [0.2, 0.25) is 0 Å². The van der Waals surface area contributed by atoms with E-state index in [2.05, 4.69) is 11.7 Å². The summed E-state index contributed by atoms with van der Waals surface area (Å²) in [5.74, 6) is -0.598. The molecular weight excluding hydrogens is 304 g/mol. The van der Waals surface area contributed by atoms with Gasteiger partial charge in [0.1, 0.15) is 0 Å². The molecule has 0 amide bonds. The van der Waals surface area contributed by atoms with E-state index in [-0.39, 0.29) is 12.5 Å². The normalized spacial score (nSPS) is 12.0. The van der Waals surface area contributed by atoms with Crippen molar-refractivity contribution in [1.82, 2.24) is 0 Å². The van der Waals surface area contributed by atoms with Crippen LogP contribution < -0.4 is 0 Å². The summed E-state index contributed by atoms with van der Waals surface area (Å²) in [6.45, 7) is 6.21. The van der Waals surface area contributed by atoms with Crippen molar-refractivity contribution in [1.29, 1.82) is 0 Å². The fourth-order valence-corrected chi connectivity index (χ4v) is 2.92. The molecule has 1 unspecified atom stereocenters. The van der Waals surface area contributed by atoms with Crippen molar-refractivity contribution in [3.63, 3.8) is 0 Å². The van der Waals surface area contributed by atoms with Gasteiger partial charge in [0.05, 0.1) is 12.5 Å². The van der Waals surface area contributed by atoms with Gasteiger partial charge in [-0.3, -0.25) is 4.79 Å². The zero-order valence-electron chi connectivity index (χ0n) is 16.1. The van der Waals surface area contributed by atoms with Crippen LogP contribution in [0.1, 0.15) is 104 Å². The van der Waals surface area contributed by atoms with Crippen molar-refractivity contribution in [3.05, 3.63) is 0 Å². The molecule has 0 heterocycles. The van der Waals surface area contributed by atoms with Gasteiger partial charge in [0.25, 0.3) is 0 Å². The second-order valence-corrected chi connectivity index (χ2v) is 6.56. The summed E-state index contributed by atoms with van der Waals surface area (Å²) < 4.78 is 9.41. The largest absolute Gasteiger partial charge is 0.516 e. The van der Waals surface area contributed by atoms with Crippen molar-refractivity contribution in [2.45, 2.75) is 104 Å². The molecule has 0 rings (SSSR count). The Balaban J connectivity index is 3.74. The molecule has 0 radical (unpaired) electrons. The zero-order chi connectivity index (χ0) is 18.0. The SMILES string of the molecule is CCCCCCCCCCCCC(CCC)C(=O)OC(=O)OCC. The first-order valence-electron chi connectivity index (χ1n) is 10.0. The van der Waals surface area contributed by atoms with Crippen LogP contribution in [-0.2, 0) is 14.3 Å². The smallest absolute Gasteiger partial charge is 0.434 e. The van der Waals surface area contributed by atoms with Crippen molar-refractivity contribution in [2.24, 2.45) is 5.92 Å². The van der Waals surface area contributed by atoms with Crippen LogP contribution in [0.5, 0.6) is 0 Å². The lowest BCUT2D eigenvalue weighted by Crippen LogP contribution is -2.22. The van der Waals surface area contributed by atoms with Gasteiger partial charge < -0.3 is 9.47 Å². The summed E-state index contributed by atoms with van der Waals surface area (Å²) >= 11 is 0. The Labute approximate surface area is 148 Å². The monoisotopic (exact) mass is 342 g/mol. The van der Waals surface area contributed by atoms with Gasteiger partial charge in [0, 0.05) is 0 Å². The Morgan fingerprint density at radius 3 is 1.75 bits per heavy atom. The van der Waals surface area contributed by atoms with E-state index in [1.165, 1.54) is 51.4 Å². The predicted molar refractivity (Wildman–Crippen MR) is 98.0 cm³/mol. The van der Waals surface area contributed by atoms with Crippen LogP contribution in [0.3, 0.4) is 0 Å². The van der Waals surface area contributed by atoms with Gasteiger partial charge in [-0.25, -0.2) is 4.79 Å². The molecule has 0 saturated carbocycles. The molecule has 24 heavy (non-hydrogen) atoms. The second-order valence-electron chi connectivity index (χ2n) is 6.56. The molecule has 0 spiro atoms. The van der Waals surface area contributed by atoms with Crippen LogP contribution in [0.4, 0.5) is 4.79 Å². The molecule has 4 nitrogen and oxygen atoms in total. The van der Waals surface area contributed by atoms with E-state index in [9.17, 15) is 9.59 Å². The summed E-state index contributed by atoms with van der Waals surface area (Å²) in [6, 6.07) is 0. The molecule has 0 fully saturated rings. The summed E-state index contributed by atoms with van der Waals surface area (Å²) in [7, 11) is 0. The highest BCUT2D eigenvalue weighted by Crippen LogP contribution is 2.19. The molecule has 1 atom stereocenters. The number of ether oxygens (including phenoxy) is 2. The Bertz CT molecular complexity index is 315. The van der Waals surface area contributed by atoms with Crippen LogP contribution in [0, 0.1) is 5.92 Å². The Morgan fingerprint density at radius 1 is 0.708 bits per heavy atom. The maximum atomic E-state index is 12.0. The summed E-state index contributed by atoms with van der Waals surface area (Å²) in [5, 5.41) is 0. The number of rotatable bonds is 15. The maximum Gasteiger partial charge on any atom is 0.516 e. The van der Waals surface area contributed by atoms with E-state index >= 15 is 0 Å². The molecule has 0 aromatic heterocycles. The molecule has 0 bridgehead atoms. The number of esters is 1. The first-order valence-corrected chi connectivity index (χ1v) is 10.0. The highest BCUT2D eigenvalue weighted by Gasteiger charge is 2.22. The van der Waals surface area contributed by atoms with E-state index in [4.69, 9.17) is 4.74 Å². The lowest BCUT2D eigenvalue weighted by atomic mass is 9.96. The molecular formula is C20H38O4. The van der Waals surface area contributed by atoms with Gasteiger partial charge in [0.15, 0.2) is 0 Å². The quantitative estimate of drug-likeness (QED) is 0.196. The van der Waals surface area contributed by atoms with Gasteiger partial charge in [-0.1, -0.05) is 84.5 Å². The summed E-state index contributed by atoms with van der Waals surface area (Å²) in [5.41, 5.74) is 0. The lowest BCUT2D eigenvalue weighted by Gasteiger charge is -2.14. The molecule has 142 valence electrons. The Kier molecular flexibility index (Phi) is 16.0. The van der Waals surface area contributed by atoms with Crippen molar-refractivity contribution in [2.75, 3.05) is 6.61 Å². The third-order valence-corrected chi connectivity index (χ3v) is 4.32. The fraction of sp³-hybridized carbons (Fsp3) is 0.900.